The second-order valence-corrected chi connectivity index (χ2v) is 7.95. The largest absolute Gasteiger partial charge is 0.295 e. The van der Waals surface area contributed by atoms with Crippen molar-refractivity contribution in [3.8, 4) is 5.69 Å². The number of amides is 2. The number of halogens is 1. The van der Waals surface area contributed by atoms with Crippen molar-refractivity contribution in [1.82, 2.24) is 20.4 Å². The minimum Gasteiger partial charge on any atom is -0.295 e. The normalized spacial score (nSPS) is 10.8. The summed E-state index contributed by atoms with van der Waals surface area (Å²) in [5, 5.41) is 1.01. The molecule has 0 aliphatic carbocycles. The predicted molar refractivity (Wildman–Crippen MR) is 115 cm³/mol. The second-order valence-electron chi connectivity index (χ2n) is 6.60. The molecule has 0 saturated heterocycles. The summed E-state index contributed by atoms with van der Waals surface area (Å²) in [6.07, 6.45) is 3.54. The minimum atomic E-state index is -0.472. The number of nitrogens with zero attached hydrogens (tertiary/aromatic N) is 2. The van der Waals surface area contributed by atoms with Crippen LogP contribution in [-0.2, 0) is 4.79 Å². The Morgan fingerprint density at radius 1 is 1.10 bits per heavy atom. The van der Waals surface area contributed by atoms with E-state index in [4.69, 9.17) is 11.6 Å². The van der Waals surface area contributed by atoms with E-state index in [1.807, 2.05) is 22.9 Å². The zero-order valence-corrected chi connectivity index (χ0v) is 17.6. The molecule has 2 amide bonds. The van der Waals surface area contributed by atoms with Crippen molar-refractivity contribution in [1.29, 1.82) is 0 Å². The number of benzene rings is 2. The molecule has 0 bridgehead atoms. The van der Waals surface area contributed by atoms with Crippen molar-refractivity contribution in [3.05, 3.63) is 77.1 Å². The fraction of sp³-hybridized carbons (Fsp3) is 0.190. The number of nitrogens with one attached hydrogen (secondary N) is 2. The lowest BCUT2D eigenvalue weighted by molar-refractivity contribution is -0.119. The van der Waals surface area contributed by atoms with Crippen LogP contribution in [0.15, 0.2) is 66.1 Å². The molecule has 0 fully saturated rings. The lowest BCUT2D eigenvalue weighted by atomic mass is 10.0. The first kappa shape index (κ1) is 21.0. The van der Waals surface area contributed by atoms with Crippen LogP contribution in [0, 0.1) is 0 Å². The van der Waals surface area contributed by atoms with E-state index in [0.29, 0.717) is 21.7 Å². The lowest BCUT2D eigenvalue weighted by Gasteiger charge is -2.11. The third kappa shape index (κ3) is 5.40. The highest BCUT2D eigenvalue weighted by Gasteiger charge is 2.12. The van der Waals surface area contributed by atoms with Gasteiger partial charge in [0.15, 0.2) is 5.16 Å². The highest BCUT2D eigenvalue weighted by molar-refractivity contribution is 7.99. The number of rotatable bonds is 6. The van der Waals surface area contributed by atoms with E-state index >= 15 is 0 Å². The van der Waals surface area contributed by atoms with Gasteiger partial charge in [-0.25, -0.2) is 4.98 Å². The van der Waals surface area contributed by atoms with Gasteiger partial charge in [-0.3, -0.25) is 25.0 Å². The first-order valence-electron chi connectivity index (χ1n) is 9.06. The molecule has 0 spiro atoms. The molecule has 29 heavy (non-hydrogen) atoms. The predicted octanol–water partition coefficient (Wildman–Crippen LogP) is 4.20. The summed E-state index contributed by atoms with van der Waals surface area (Å²) in [5.74, 6) is -0.254. The topological polar surface area (TPSA) is 76.0 Å². The monoisotopic (exact) mass is 428 g/mol. The van der Waals surface area contributed by atoms with Gasteiger partial charge < -0.3 is 0 Å². The van der Waals surface area contributed by atoms with E-state index in [1.165, 1.54) is 17.3 Å². The number of hydrogen-bond donors (Lipinski definition) is 2. The van der Waals surface area contributed by atoms with Crippen LogP contribution in [-0.4, -0.2) is 27.1 Å². The SMILES string of the molecule is CC(C)c1ccc(-n2ccnc2SCC(=O)NNC(=O)c2ccccc2Cl)cc1. The number of imidazole rings is 1. The van der Waals surface area contributed by atoms with E-state index < -0.39 is 5.91 Å². The van der Waals surface area contributed by atoms with Crippen LogP contribution in [0.4, 0.5) is 0 Å². The van der Waals surface area contributed by atoms with Gasteiger partial charge in [0.2, 0.25) is 5.91 Å². The summed E-state index contributed by atoms with van der Waals surface area (Å²) in [7, 11) is 0. The Morgan fingerprint density at radius 3 is 2.52 bits per heavy atom. The van der Waals surface area contributed by atoms with Crippen LogP contribution >= 0.6 is 23.4 Å². The summed E-state index contributed by atoms with van der Waals surface area (Å²) < 4.78 is 1.92. The quantitative estimate of drug-likeness (QED) is 0.455. The van der Waals surface area contributed by atoms with Crippen LogP contribution in [0.5, 0.6) is 0 Å². The van der Waals surface area contributed by atoms with Crippen molar-refractivity contribution in [2.75, 3.05) is 5.75 Å². The third-order valence-corrected chi connectivity index (χ3v) is 5.51. The summed E-state index contributed by atoms with van der Waals surface area (Å²) >= 11 is 7.26. The smallest absolute Gasteiger partial charge is 0.271 e. The van der Waals surface area contributed by atoms with Gasteiger partial charge in [-0.2, -0.15) is 0 Å². The Balaban J connectivity index is 1.55. The van der Waals surface area contributed by atoms with Crippen molar-refractivity contribution in [2.45, 2.75) is 24.9 Å². The molecular formula is C21H21ClN4O2S. The van der Waals surface area contributed by atoms with Gasteiger partial charge in [0.05, 0.1) is 16.3 Å². The molecule has 8 heteroatoms. The Labute approximate surface area is 178 Å². The number of carbonyl (C=O) groups excluding carboxylic acids is 2. The van der Waals surface area contributed by atoms with E-state index in [9.17, 15) is 9.59 Å². The average molecular weight is 429 g/mol. The fourth-order valence-electron chi connectivity index (χ4n) is 2.62. The highest BCUT2D eigenvalue weighted by atomic mass is 35.5. The maximum absolute atomic E-state index is 12.1. The summed E-state index contributed by atoms with van der Waals surface area (Å²) in [4.78, 5) is 28.5. The van der Waals surface area contributed by atoms with Gasteiger partial charge in [0, 0.05) is 18.1 Å². The Kier molecular flexibility index (Phi) is 6.95. The van der Waals surface area contributed by atoms with E-state index in [0.717, 1.165) is 5.69 Å². The van der Waals surface area contributed by atoms with Crippen molar-refractivity contribution < 1.29 is 9.59 Å². The molecule has 0 unspecified atom stereocenters. The lowest BCUT2D eigenvalue weighted by Crippen LogP contribution is -2.42. The van der Waals surface area contributed by atoms with Crippen molar-refractivity contribution in [2.24, 2.45) is 0 Å². The summed E-state index contributed by atoms with van der Waals surface area (Å²) in [6, 6.07) is 14.9. The molecule has 1 aromatic heterocycles. The Hall–Kier alpha value is -2.77. The molecule has 0 atom stereocenters. The maximum atomic E-state index is 12.1. The molecule has 150 valence electrons. The van der Waals surface area contributed by atoms with Crippen LogP contribution < -0.4 is 10.9 Å². The first-order valence-corrected chi connectivity index (χ1v) is 10.4. The van der Waals surface area contributed by atoms with Crippen LogP contribution in [0.3, 0.4) is 0 Å². The average Bonchev–Trinajstić information content (AvgIpc) is 3.19. The van der Waals surface area contributed by atoms with E-state index in [-0.39, 0.29) is 11.7 Å². The molecule has 2 aromatic carbocycles. The fourth-order valence-corrected chi connectivity index (χ4v) is 3.61. The molecule has 6 nitrogen and oxygen atoms in total. The van der Waals surface area contributed by atoms with Crippen molar-refractivity contribution in [3.63, 3.8) is 0 Å². The molecule has 0 aliphatic heterocycles. The van der Waals surface area contributed by atoms with Crippen LogP contribution in [0.2, 0.25) is 5.02 Å². The van der Waals surface area contributed by atoms with Gasteiger partial charge in [-0.15, -0.1) is 0 Å². The molecule has 0 saturated carbocycles. The van der Waals surface area contributed by atoms with Gasteiger partial charge in [0.25, 0.3) is 5.91 Å². The first-order chi connectivity index (χ1) is 14.0. The van der Waals surface area contributed by atoms with E-state index in [1.54, 1.807) is 30.5 Å². The number of hydrogen-bond acceptors (Lipinski definition) is 4. The highest BCUT2D eigenvalue weighted by Crippen LogP contribution is 2.22. The standard InChI is InChI=1S/C21H21ClN4O2S/c1-14(2)15-7-9-16(10-8-15)26-12-11-23-21(26)29-13-19(27)24-25-20(28)17-5-3-4-6-18(17)22/h3-12,14H,13H2,1-2H3,(H,24,27)(H,25,28). The van der Waals surface area contributed by atoms with Crippen LogP contribution in [0.1, 0.15) is 35.7 Å². The Bertz CT molecular complexity index is 1000. The van der Waals surface area contributed by atoms with Gasteiger partial charge >= 0.3 is 0 Å². The zero-order chi connectivity index (χ0) is 20.8. The van der Waals surface area contributed by atoms with E-state index in [2.05, 4.69) is 41.8 Å². The van der Waals surface area contributed by atoms with Crippen molar-refractivity contribution >= 4 is 35.2 Å². The summed E-state index contributed by atoms with van der Waals surface area (Å²) in [5.41, 5.74) is 7.29. The number of thioether (sulfide) groups is 1. The molecular weight excluding hydrogens is 408 g/mol. The molecule has 0 radical (unpaired) electrons. The second kappa shape index (κ2) is 9.62. The molecule has 2 N–H and O–H groups in total. The van der Waals surface area contributed by atoms with Gasteiger partial charge in [-0.05, 0) is 35.7 Å². The molecule has 3 aromatic rings. The summed E-state index contributed by atoms with van der Waals surface area (Å²) in [6.45, 7) is 4.30. The molecule has 0 aliphatic rings. The minimum absolute atomic E-state index is 0.101. The number of hydrazine groups is 1. The Morgan fingerprint density at radius 2 is 1.83 bits per heavy atom. The number of aromatic nitrogens is 2. The van der Waals surface area contributed by atoms with Crippen LogP contribution in [0.25, 0.3) is 5.69 Å². The van der Waals surface area contributed by atoms with Gasteiger partial charge in [0.1, 0.15) is 0 Å². The molecule has 3 rings (SSSR count). The maximum Gasteiger partial charge on any atom is 0.271 e. The zero-order valence-electron chi connectivity index (χ0n) is 16.1. The molecule has 1 heterocycles. The number of carbonyl (C=O) groups is 2. The van der Waals surface area contributed by atoms with Gasteiger partial charge in [-0.1, -0.05) is 61.5 Å². The third-order valence-electron chi connectivity index (χ3n) is 4.21.